The maximum atomic E-state index is 6.02. The Kier molecular flexibility index (Phi) is 4.60. The molecule has 2 heteroatoms. The molecule has 90 valence electrons. The van der Waals surface area contributed by atoms with E-state index in [1.54, 1.807) is 0 Å². The predicted octanol–water partition coefficient (Wildman–Crippen LogP) is 3.45. The maximum Gasteiger partial charge on any atom is 0.161 e. The van der Waals surface area contributed by atoms with Crippen LogP contribution in [0, 0.1) is 17.8 Å². The van der Waals surface area contributed by atoms with E-state index in [0.717, 1.165) is 6.42 Å². The zero-order valence-electron chi connectivity index (χ0n) is 11.0. The fraction of sp³-hybridized carbons (Fsp3) is 1.00. The molecule has 0 spiro atoms. The van der Waals surface area contributed by atoms with E-state index in [9.17, 15) is 0 Å². The topological polar surface area (TPSA) is 18.5 Å². The molecule has 2 nitrogen and oxygen atoms in total. The highest BCUT2D eigenvalue weighted by Crippen LogP contribution is 2.36. The first-order valence-corrected chi connectivity index (χ1v) is 6.28. The van der Waals surface area contributed by atoms with Crippen molar-refractivity contribution in [3.05, 3.63) is 0 Å². The van der Waals surface area contributed by atoms with E-state index in [1.165, 1.54) is 0 Å². The van der Waals surface area contributed by atoms with E-state index < -0.39 is 0 Å². The van der Waals surface area contributed by atoms with Gasteiger partial charge in [0.1, 0.15) is 0 Å². The van der Waals surface area contributed by atoms with Gasteiger partial charge in [-0.25, -0.2) is 0 Å². The molecule has 0 radical (unpaired) electrons. The van der Waals surface area contributed by atoms with Crippen molar-refractivity contribution in [2.75, 3.05) is 0 Å². The van der Waals surface area contributed by atoms with E-state index in [1.807, 2.05) is 0 Å². The second-order valence-corrected chi connectivity index (χ2v) is 5.21. The zero-order chi connectivity index (χ0) is 11.6. The van der Waals surface area contributed by atoms with Gasteiger partial charge < -0.3 is 9.47 Å². The highest BCUT2D eigenvalue weighted by molar-refractivity contribution is 4.82. The van der Waals surface area contributed by atoms with Crippen LogP contribution in [0.2, 0.25) is 0 Å². The lowest BCUT2D eigenvalue weighted by molar-refractivity contribution is -0.259. The van der Waals surface area contributed by atoms with Crippen LogP contribution < -0.4 is 0 Å². The maximum absolute atomic E-state index is 6.02. The minimum absolute atomic E-state index is 0.0128. The third-order valence-corrected chi connectivity index (χ3v) is 3.79. The number of hydrogen-bond donors (Lipinski definition) is 0. The van der Waals surface area contributed by atoms with E-state index in [2.05, 4.69) is 41.5 Å². The summed E-state index contributed by atoms with van der Waals surface area (Å²) in [6.07, 6.45) is 1.67. The summed E-state index contributed by atoms with van der Waals surface area (Å²) in [5.41, 5.74) is 0. The first-order chi connectivity index (χ1) is 6.97. The van der Waals surface area contributed by atoms with Crippen LogP contribution in [0.15, 0.2) is 0 Å². The van der Waals surface area contributed by atoms with Gasteiger partial charge in [0, 0.05) is 5.92 Å². The van der Waals surface area contributed by atoms with Crippen LogP contribution in [0.1, 0.15) is 48.0 Å². The van der Waals surface area contributed by atoms with Crippen molar-refractivity contribution >= 4 is 0 Å². The molecule has 0 aliphatic carbocycles. The lowest BCUT2D eigenvalue weighted by Gasteiger charge is -2.43. The minimum Gasteiger partial charge on any atom is -0.350 e. The minimum atomic E-state index is -0.0128. The van der Waals surface area contributed by atoms with Gasteiger partial charge in [0.25, 0.3) is 0 Å². The molecule has 0 amide bonds. The number of rotatable bonds is 3. The third kappa shape index (κ3) is 2.94. The fourth-order valence-electron chi connectivity index (χ4n) is 2.38. The van der Waals surface area contributed by atoms with Crippen LogP contribution in [0.25, 0.3) is 0 Å². The normalized spacial score (nSPS) is 42.2. The molecule has 1 fully saturated rings. The lowest BCUT2D eigenvalue weighted by Crippen LogP contribution is -2.46. The van der Waals surface area contributed by atoms with Gasteiger partial charge in [-0.05, 0) is 32.1 Å². The van der Waals surface area contributed by atoms with Crippen molar-refractivity contribution in [1.82, 2.24) is 0 Å². The summed E-state index contributed by atoms with van der Waals surface area (Å²) in [7, 11) is 0. The molecule has 2 unspecified atom stereocenters. The molecule has 1 heterocycles. The van der Waals surface area contributed by atoms with E-state index in [-0.39, 0.29) is 12.4 Å². The Hall–Kier alpha value is -0.0800. The molecule has 1 saturated heterocycles. The SMILES string of the molecule is CCC1O[C@H](OC(C)C)C(C)[C@H](C)[C@@H]1C. The van der Waals surface area contributed by atoms with Gasteiger partial charge in [0.2, 0.25) is 0 Å². The lowest BCUT2D eigenvalue weighted by atomic mass is 9.78. The Morgan fingerprint density at radius 3 is 2.13 bits per heavy atom. The van der Waals surface area contributed by atoms with Gasteiger partial charge in [-0.3, -0.25) is 0 Å². The zero-order valence-corrected chi connectivity index (χ0v) is 11.0. The molecular weight excluding hydrogens is 188 g/mol. The Bertz CT molecular complexity index is 189. The average molecular weight is 214 g/mol. The molecule has 0 aromatic carbocycles. The summed E-state index contributed by atoms with van der Waals surface area (Å²) in [6.45, 7) is 13.2. The molecule has 1 aliphatic heterocycles. The van der Waals surface area contributed by atoms with E-state index in [4.69, 9.17) is 9.47 Å². The summed E-state index contributed by atoms with van der Waals surface area (Å²) in [5.74, 6) is 1.80. The molecule has 0 N–H and O–H groups in total. The largest absolute Gasteiger partial charge is 0.350 e. The van der Waals surface area contributed by atoms with Gasteiger partial charge in [-0.15, -0.1) is 0 Å². The molecule has 15 heavy (non-hydrogen) atoms. The first-order valence-electron chi connectivity index (χ1n) is 6.28. The molecule has 5 atom stereocenters. The van der Waals surface area contributed by atoms with Crippen molar-refractivity contribution in [3.63, 3.8) is 0 Å². The first kappa shape index (κ1) is 13.0. The van der Waals surface area contributed by atoms with Crippen LogP contribution in [0.5, 0.6) is 0 Å². The second-order valence-electron chi connectivity index (χ2n) is 5.21. The van der Waals surface area contributed by atoms with Crippen LogP contribution >= 0.6 is 0 Å². The molecule has 1 rings (SSSR count). The fourth-order valence-corrected chi connectivity index (χ4v) is 2.38. The molecular formula is C13H26O2. The van der Waals surface area contributed by atoms with Gasteiger partial charge in [-0.1, -0.05) is 27.7 Å². The molecule has 0 aromatic heterocycles. The van der Waals surface area contributed by atoms with Crippen LogP contribution in [0.4, 0.5) is 0 Å². The highest BCUT2D eigenvalue weighted by atomic mass is 16.7. The van der Waals surface area contributed by atoms with Crippen molar-refractivity contribution in [2.45, 2.75) is 66.5 Å². The van der Waals surface area contributed by atoms with Gasteiger partial charge in [0.05, 0.1) is 12.2 Å². The van der Waals surface area contributed by atoms with E-state index >= 15 is 0 Å². The Labute approximate surface area is 94.3 Å². The van der Waals surface area contributed by atoms with Gasteiger partial charge in [0.15, 0.2) is 6.29 Å². The number of ether oxygens (including phenoxy) is 2. The standard InChI is InChI=1S/C13H26O2/c1-7-12-10(5)9(4)11(6)13(15-12)14-8(2)3/h8-13H,7H2,1-6H3/t9-,10+,11?,12?,13+/m1/s1. The van der Waals surface area contributed by atoms with Crippen LogP contribution in [-0.4, -0.2) is 18.5 Å². The molecule has 0 saturated carbocycles. The Morgan fingerprint density at radius 2 is 1.67 bits per heavy atom. The summed E-state index contributed by atoms with van der Waals surface area (Å²) < 4.78 is 11.9. The van der Waals surface area contributed by atoms with Gasteiger partial charge >= 0.3 is 0 Å². The van der Waals surface area contributed by atoms with Crippen LogP contribution in [0.3, 0.4) is 0 Å². The van der Waals surface area contributed by atoms with Crippen molar-refractivity contribution < 1.29 is 9.47 Å². The van der Waals surface area contributed by atoms with Crippen LogP contribution in [-0.2, 0) is 9.47 Å². The summed E-state index contributed by atoms with van der Waals surface area (Å²) in [4.78, 5) is 0. The smallest absolute Gasteiger partial charge is 0.161 e. The average Bonchev–Trinajstić information content (AvgIpc) is 2.18. The molecule has 1 aliphatic rings. The van der Waals surface area contributed by atoms with Crippen molar-refractivity contribution in [2.24, 2.45) is 17.8 Å². The Morgan fingerprint density at radius 1 is 1.07 bits per heavy atom. The van der Waals surface area contributed by atoms with Crippen molar-refractivity contribution in [3.8, 4) is 0 Å². The molecule has 0 aromatic rings. The number of hydrogen-bond acceptors (Lipinski definition) is 2. The summed E-state index contributed by atoms with van der Waals surface area (Å²) in [6, 6.07) is 0. The highest BCUT2D eigenvalue weighted by Gasteiger charge is 2.38. The third-order valence-electron chi connectivity index (χ3n) is 3.79. The second kappa shape index (κ2) is 5.31. The summed E-state index contributed by atoms with van der Waals surface area (Å²) >= 11 is 0. The molecule has 0 bridgehead atoms. The van der Waals surface area contributed by atoms with Crippen molar-refractivity contribution in [1.29, 1.82) is 0 Å². The quantitative estimate of drug-likeness (QED) is 0.716. The Balaban J connectivity index is 2.65. The predicted molar refractivity (Wildman–Crippen MR) is 62.7 cm³/mol. The van der Waals surface area contributed by atoms with Gasteiger partial charge in [-0.2, -0.15) is 0 Å². The monoisotopic (exact) mass is 214 g/mol. The van der Waals surface area contributed by atoms with E-state index in [0.29, 0.717) is 23.9 Å². The summed E-state index contributed by atoms with van der Waals surface area (Å²) in [5, 5.41) is 0.